The average molecular weight is 297 g/mol. The molecule has 7 heteroatoms. The summed E-state index contributed by atoms with van der Waals surface area (Å²) >= 11 is 0. The number of aliphatic carboxylic acids is 1. The lowest BCUT2D eigenvalue weighted by atomic mass is 10.2. The van der Waals surface area contributed by atoms with Crippen molar-refractivity contribution in [3.63, 3.8) is 0 Å². The van der Waals surface area contributed by atoms with E-state index < -0.39 is 17.9 Å². The van der Waals surface area contributed by atoms with Crippen LogP contribution < -0.4 is 14.8 Å². The Morgan fingerprint density at radius 1 is 1.33 bits per heavy atom. The number of carboxylic acid groups (broad SMARTS) is 1. The topological polar surface area (TPSA) is 94.1 Å². The monoisotopic (exact) mass is 297 g/mol. The molecule has 1 atom stereocenters. The van der Waals surface area contributed by atoms with E-state index in [9.17, 15) is 9.59 Å². The molecular weight excluding hydrogens is 278 g/mol. The molecule has 0 spiro atoms. The molecule has 2 N–H and O–H groups in total. The highest BCUT2D eigenvalue weighted by Crippen LogP contribution is 2.22. The molecule has 0 heterocycles. The maximum Gasteiger partial charge on any atom is 0.328 e. The SMILES string of the molecule is COCC(NC(=O)COc1ccc(OC)c(C)c1)C(=O)O. The molecule has 0 aliphatic heterocycles. The molecule has 0 saturated carbocycles. The van der Waals surface area contributed by atoms with Gasteiger partial charge in [-0.1, -0.05) is 0 Å². The summed E-state index contributed by atoms with van der Waals surface area (Å²) in [5, 5.41) is 11.2. The van der Waals surface area contributed by atoms with Crippen LogP contribution in [0.1, 0.15) is 5.56 Å². The van der Waals surface area contributed by atoms with Crippen LogP contribution in [-0.2, 0) is 14.3 Å². The van der Waals surface area contributed by atoms with Crippen LogP contribution in [0.25, 0.3) is 0 Å². The maximum atomic E-state index is 11.6. The largest absolute Gasteiger partial charge is 0.496 e. The number of benzene rings is 1. The van der Waals surface area contributed by atoms with Gasteiger partial charge in [0.25, 0.3) is 5.91 Å². The van der Waals surface area contributed by atoms with Crippen molar-refractivity contribution < 1.29 is 28.9 Å². The normalized spacial score (nSPS) is 11.6. The van der Waals surface area contributed by atoms with Gasteiger partial charge in [-0.15, -0.1) is 0 Å². The van der Waals surface area contributed by atoms with Gasteiger partial charge in [-0.3, -0.25) is 4.79 Å². The molecule has 1 amide bonds. The van der Waals surface area contributed by atoms with Crippen LogP contribution in [0.3, 0.4) is 0 Å². The minimum atomic E-state index is -1.16. The standard InChI is InChI=1S/C14H19NO6/c1-9-6-10(4-5-12(9)20-3)21-8-13(16)15-11(7-19-2)14(17)18/h4-6,11H,7-8H2,1-3H3,(H,15,16)(H,17,18). The van der Waals surface area contributed by atoms with Crippen LogP contribution in [0.2, 0.25) is 0 Å². The number of carboxylic acids is 1. The van der Waals surface area contributed by atoms with Crippen molar-refractivity contribution in [2.45, 2.75) is 13.0 Å². The number of hydrogen-bond donors (Lipinski definition) is 2. The van der Waals surface area contributed by atoms with Gasteiger partial charge >= 0.3 is 5.97 Å². The Morgan fingerprint density at radius 3 is 2.57 bits per heavy atom. The molecular formula is C14H19NO6. The number of nitrogens with one attached hydrogen (secondary N) is 1. The molecule has 7 nitrogen and oxygen atoms in total. The second-order valence-corrected chi connectivity index (χ2v) is 4.33. The van der Waals surface area contributed by atoms with Gasteiger partial charge in [0.15, 0.2) is 12.6 Å². The van der Waals surface area contributed by atoms with Gasteiger partial charge in [0.2, 0.25) is 0 Å². The Morgan fingerprint density at radius 2 is 2.05 bits per heavy atom. The summed E-state index contributed by atoms with van der Waals surface area (Å²) in [7, 11) is 2.93. The van der Waals surface area contributed by atoms with Crippen molar-refractivity contribution in [1.29, 1.82) is 0 Å². The van der Waals surface area contributed by atoms with Gasteiger partial charge in [0, 0.05) is 7.11 Å². The molecule has 1 aromatic rings. The average Bonchev–Trinajstić information content (AvgIpc) is 2.44. The van der Waals surface area contributed by atoms with E-state index in [1.807, 2.05) is 6.92 Å². The summed E-state index contributed by atoms with van der Waals surface area (Å²) in [6, 6.07) is 4.04. The Hall–Kier alpha value is -2.28. The number of ether oxygens (including phenoxy) is 3. The van der Waals surface area contributed by atoms with Crippen molar-refractivity contribution in [1.82, 2.24) is 5.32 Å². The third-order valence-electron chi connectivity index (χ3n) is 2.70. The molecule has 116 valence electrons. The summed E-state index contributed by atoms with van der Waals surface area (Å²) in [4.78, 5) is 22.5. The van der Waals surface area contributed by atoms with Crippen LogP contribution >= 0.6 is 0 Å². The first kappa shape index (κ1) is 16.8. The molecule has 0 radical (unpaired) electrons. The Bertz CT molecular complexity index is 502. The number of carbonyl (C=O) groups excluding carboxylic acids is 1. The third kappa shape index (κ3) is 5.31. The molecule has 1 rings (SSSR count). The van der Waals surface area contributed by atoms with Crippen molar-refractivity contribution in [3.8, 4) is 11.5 Å². The second kappa shape index (κ2) is 8.11. The highest BCUT2D eigenvalue weighted by atomic mass is 16.5. The Kier molecular flexibility index (Phi) is 6.48. The number of rotatable bonds is 8. The van der Waals surface area contributed by atoms with E-state index in [0.717, 1.165) is 11.3 Å². The van der Waals surface area contributed by atoms with Crippen molar-refractivity contribution >= 4 is 11.9 Å². The van der Waals surface area contributed by atoms with Crippen LogP contribution in [-0.4, -0.2) is 50.5 Å². The Balaban J connectivity index is 2.52. The van der Waals surface area contributed by atoms with Crippen LogP contribution in [0.4, 0.5) is 0 Å². The van der Waals surface area contributed by atoms with Crippen LogP contribution in [0, 0.1) is 6.92 Å². The zero-order valence-electron chi connectivity index (χ0n) is 12.2. The minimum Gasteiger partial charge on any atom is -0.496 e. The first-order chi connectivity index (χ1) is 9.97. The molecule has 0 saturated heterocycles. The van der Waals surface area contributed by atoms with E-state index in [1.54, 1.807) is 25.3 Å². The summed E-state index contributed by atoms with van der Waals surface area (Å²) in [5.41, 5.74) is 0.873. The fourth-order valence-corrected chi connectivity index (χ4v) is 1.67. The van der Waals surface area contributed by atoms with E-state index in [4.69, 9.17) is 19.3 Å². The first-order valence-corrected chi connectivity index (χ1v) is 6.26. The zero-order valence-corrected chi connectivity index (χ0v) is 12.2. The molecule has 1 unspecified atom stereocenters. The lowest BCUT2D eigenvalue weighted by Gasteiger charge is -2.14. The second-order valence-electron chi connectivity index (χ2n) is 4.33. The molecule has 0 aliphatic rings. The lowest BCUT2D eigenvalue weighted by Crippen LogP contribution is -2.45. The van der Waals surface area contributed by atoms with E-state index in [2.05, 4.69) is 5.32 Å². The van der Waals surface area contributed by atoms with Crippen LogP contribution in [0.5, 0.6) is 11.5 Å². The number of methoxy groups -OCH3 is 2. The van der Waals surface area contributed by atoms with E-state index in [-0.39, 0.29) is 13.2 Å². The fraction of sp³-hybridized carbons (Fsp3) is 0.429. The summed E-state index contributed by atoms with van der Waals surface area (Å²) in [6.45, 7) is 1.47. The summed E-state index contributed by atoms with van der Waals surface area (Å²) < 4.78 is 15.1. The highest BCUT2D eigenvalue weighted by molar-refractivity contribution is 5.84. The molecule has 21 heavy (non-hydrogen) atoms. The van der Waals surface area contributed by atoms with Gasteiger partial charge in [-0.2, -0.15) is 0 Å². The van der Waals surface area contributed by atoms with Gasteiger partial charge < -0.3 is 24.6 Å². The first-order valence-electron chi connectivity index (χ1n) is 6.26. The maximum absolute atomic E-state index is 11.6. The van der Waals surface area contributed by atoms with Crippen molar-refractivity contribution in [3.05, 3.63) is 23.8 Å². The van der Waals surface area contributed by atoms with E-state index in [0.29, 0.717) is 5.75 Å². The Labute approximate surface area is 122 Å². The number of aryl methyl sites for hydroxylation is 1. The molecule has 0 bridgehead atoms. The predicted octanol–water partition coefficient (Wildman–Crippen LogP) is 0.598. The summed E-state index contributed by atoms with van der Waals surface area (Å²) in [6.07, 6.45) is 0. The molecule has 1 aromatic carbocycles. The zero-order chi connectivity index (χ0) is 15.8. The smallest absolute Gasteiger partial charge is 0.328 e. The highest BCUT2D eigenvalue weighted by Gasteiger charge is 2.19. The van der Waals surface area contributed by atoms with Crippen molar-refractivity contribution in [2.75, 3.05) is 27.4 Å². The predicted molar refractivity (Wildman–Crippen MR) is 74.7 cm³/mol. The van der Waals surface area contributed by atoms with Crippen molar-refractivity contribution in [2.24, 2.45) is 0 Å². The van der Waals surface area contributed by atoms with Crippen LogP contribution in [0.15, 0.2) is 18.2 Å². The quantitative estimate of drug-likeness (QED) is 0.729. The fourth-order valence-electron chi connectivity index (χ4n) is 1.67. The minimum absolute atomic E-state index is 0.108. The lowest BCUT2D eigenvalue weighted by molar-refractivity contribution is -0.143. The van der Waals surface area contributed by atoms with Gasteiger partial charge in [-0.25, -0.2) is 4.79 Å². The number of hydrogen-bond acceptors (Lipinski definition) is 5. The third-order valence-corrected chi connectivity index (χ3v) is 2.70. The van der Waals surface area contributed by atoms with Gasteiger partial charge in [-0.05, 0) is 30.7 Å². The van der Waals surface area contributed by atoms with E-state index in [1.165, 1.54) is 7.11 Å². The molecule has 0 aliphatic carbocycles. The number of carbonyl (C=O) groups is 2. The van der Waals surface area contributed by atoms with Gasteiger partial charge in [0.1, 0.15) is 11.5 Å². The summed E-state index contributed by atoms with van der Waals surface area (Å²) in [5.74, 6) is -0.474. The molecule has 0 aromatic heterocycles. The van der Waals surface area contributed by atoms with Gasteiger partial charge in [0.05, 0.1) is 13.7 Å². The molecule has 0 fully saturated rings. The number of amides is 1. The van der Waals surface area contributed by atoms with E-state index >= 15 is 0 Å².